The average Bonchev–Trinajstić information content (AvgIpc) is 2.75. The van der Waals surface area contributed by atoms with Crippen molar-refractivity contribution < 1.29 is 13.6 Å². The molecule has 22 heavy (non-hydrogen) atoms. The molecule has 0 saturated heterocycles. The quantitative estimate of drug-likeness (QED) is 0.792. The van der Waals surface area contributed by atoms with Gasteiger partial charge in [-0.3, -0.25) is 4.79 Å². The zero-order valence-electron chi connectivity index (χ0n) is 12.6. The van der Waals surface area contributed by atoms with E-state index in [2.05, 4.69) is 24.1 Å². The van der Waals surface area contributed by atoms with Gasteiger partial charge < -0.3 is 9.88 Å². The number of carbonyl (C=O) groups is 1. The predicted octanol–water partition coefficient (Wildman–Crippen LogP) is 3.51. The molecule has 0 aliphatic heterocycles. The topological polar surface area (TPSA) is 46.9 Å². The van der Waals surface area contributed by atoms with E-state index in [9.17, 15) is 13.6 Å². The van der Waals surface area contributed by atoms with Crippen LogP contribution in [0.4, 0.5) is 8.78 Å². The molecule has 7 heteroatoms. The highest BCUT2D eigenvalue weighted by Gasteiger charge is 2.17. The van der Waals surface area contributed by atoms with Crippen molar-refractivity contribution >= 4 is 28.7 Å². The van der Waals surface area contributed by atoms with Crippen LogP contribution in [0.2, 0.25) is 0 Å². The van der Waals surface area contributed by atoms with Gasteiger partial charge in [0.25, 0.3) is 5.76 Å². The largest absolute Gasteiger partial charge is 0.355 e. The zero-order valence-corrected chi connectivity index (χ0v) is 13.4. The van der Waals surface area contributed by atoms with Gasteiger partial charge in [-0.05, 0) is 36.2 Å². The zero-order chi connectivity index (χ0) is 16.1. The summed E-state index contributed by atoms with van der Waals surface area (Å²) in [7, 11) is 0. The molecule has 0 aliphatic rings. The number of benzene rings is 1. The number of alkyl halides is 2. The van der Waals surface area contributed by atoms with Gasteiger partial charge in [-0.1, -0.05) is 26.0 Å². The fraction of sp³-hybridized carbons (Fsp3) is 0.467. The van der Waals surface area contributed by atoms with Crippen molar-refractivity contribution in [3.63, 3.8) is 0 Å². The Labute approximate surface area is 132 Å². The molecule has 0 spiro atoms. The minimum atomic E-state index is -2.57. The lowest BCUT2D eigenvalue weighted by molar-refractivity contribution is -0.121. The number of halogens is 2. The van der Waals surface area contributed by atoms with Crippen LogP contribution in [0.1, 0.15) is 20.3 Å². The number of thioether (sulfide) groups is 1. The van der Waals surface area contributed by atoms with Crippen LogP contribution in [0.3, 0.4) is 0 Å². The molecule has 1 heterocycles. The summed E-state index contributed by atoms with van der Waals surface area (Å²) in [6.45, 7) is 4.73. The lowest BCUT2D eigenvalue weighted by atomic mass is 10.1. The first kappa shape index (κ1) is 16.7. The Bertz CT molecular complexity index is 643. The number of nitrogens with one attached hydrogen (secondary N) is 1. The number of carbonyl (C=O) groups excluding carboxylic acids is 1. The van der Waals surface area contributed by atoms with Gasteiger partial charge >= 0.3 is 0 Å². The van der Waals surface area contributed by atoms with Gasteiger partial charge in [-0.25, -0.2) is 4.98 Å². The second-order valence-electron chi connectivity index (χ2n) is 5.38. The molecule has 0 atom stereocenters. The Balaban J connectivity index is 2.15. The first-order chi connectivity index (χ1) is 10.5. The standard InChI is InChI=1S/C15H19F2N3OS/c1-10(2)7-8-18-13(21)9-20-12-6-4-3-5-11(12)19-15(20)22-14(16)17/h3-6,10,14H,7-9H2,1-2H3,(H,18,21). The summed E-state index contributed by atoms with van der Waals surface area (Å²) in [6.07, 6.45) is 0.884. The van der Waals surface area contributed by atoms with Crippen molar-refractivity contribution in [1.82, 2.24) is 14.9 Å². The lowest BCUT2D eigenvalue weighted by Crippen LogP contribution is -2.29. The van der Waals surface area contributed by atoms with Crippen molar-refractivity contribution in [2.45, 2.75) is 37.7 Å². The summed E-state index contributed by atoms with van der Waals surface area (Å²) in [5.74, 6) is -2.26. The van der Waals surface area contributed by atoms with Crippen LogP contribution in [0.25, 0.3) is 11.0 Å². The Morgan fingerprint density at radius 2 is 2.09 bits per heavy atom. The summed E-state index contributed by atoms with van der Waals surface area (Å²) in [4.78, 5) is 16.2. The molecule has 1 aromatic carbocycles. The molecule has 0 fully saturated rings. The second-order valence-corrected chi connectivity index (χ2v) is 6.34. The molecule has 120 valence electrons. The van der Waals surface area contributed by atoms with Crippen molar-refractivity contribution in [2.24, 2.45) is 5.92 Å². The van der Waals surface area contributed by atoms with Gasteiger partial charge in [0.05, 0.1) is 11.0 Å². The van der Waals surface area contributed by atoms with E-state index >= 15 is 0 Å². The lowest BCUT2D eigenvalue weighted by Gasteiger charge is -2.10. The van der Waals surface area contributed by atoms with Crippen molar-refractivity contribution in [3.8, 4) is 0 Å². The number of fused-ring (bicyclic) bond motifs is 1. The number of para-hydroxylation sites is 2. The number of imidazole rings is 1. The molecule has 0 bridgehead atoms. The van der Waals surface area contributed by atoms with Crippen molar-refractivity contribution in [2.75, 3.05) is 6.54 Å². The number of aromatic nitrogens is 2. The summed E-state index contributed by atoms with van der Waals surface area (Å²) in [5.41, 5.74) is 1.30. The highest BCUT2D eigenvalue weighted by molar-refractivity contribution is 7.99. The van der Waals surface area contributed by atoms with Gasteiger partial charge in [0.2, 0.25) is 5.91 Å². The number of rotatable bonds is 7. The van der Waals surface area contributed by atoms with E-state index < -0.39 is 5.76 Å². The van der Waals surface area contributed by atoms with E-state index in [-0.39, 0.29) is 17.6 Å². The van der Waals surface area contributed by atoms with Gasteiger partial charge in [0.1, 0.15) is 6.54 Å². The van der Waals surface area contributed by atoms with Crippen LogP contribution in [0.5, 0.6) is 0 Å². The minimum absolute atomic E-state index is 0.00629. The summed E-state index contributed by atoms with van der Waals surface area (Å²) in [5, 5.41) is 2.98. The maximum absolute atomic E-state index is 12.7. The summed E-state index contributed by atoms with van der Waals surface area (Å²) < 4.78 is 26.9. The normalized spacial score (nSPS) is 11.5. The molecule has 0 saturated carbocycles. The number of hydrogen-bond acceptors (Lipinski definition) is 3. The number of nitrogens with zero attached hydrogens (tertiary/aromatic N) is 2. The molecule has 0 radical (unpaired) electrons. The smallest absolute Gasteiger partial charge is 0.291 e. The molecule has 0 aliphatic carbocycles. The minimum Gasteiger partial charge on any atom is -0.355 e. The molecule has 2 aromatic rings. The molecule has 1 aromatic heterocycles. The maximum Gasteiger partial charge on any atom is 0.291 e. The summed E-state index contributed by atoms with van der Waals surface area (Å²) in [6, 6.07) is 7.12. The maximum atomic E-state index is 12.7. The third-order valence-corrected chi connectivity index (χ3v) is 3.86. The van der Waals surface area contributed by atoms with E-state index in [4.69, 9.17) is 0 Å². The van der Waals surface area contributed by atoms with Gasteiger partial charge in [0.15, 0.2) is 5.16 Å². The van der Waals surface area contributed by atoms with Crippen molar-refractivity contribution in [3.05, 3.63) is 24.3 Å². The average molecular weight is 327 g/mol. The summed E-state index contributed by atoms with van der Waals surface area (Å²) >= 11 is 0.360. The van der Waals surface area contributed by atoms with E-state index in [0.717, 1.165) is 6.42 Å². The Morgan fingerprint density at radius 1 is 1.36 bits per heavy atom. The fourth-order valence-electron chi connectivity index (χ4n) is 2.08. The number of amides is 1. The molecule has 2 rings (SSSR count). The van der Waals surface area contributed by atoms with Crippen LogP contribution in [0, 0.1) is 5.92 Å². The number of hydrogen-bond donors (Lipinski definition) is 1. The first-order valence-corrected chi connectivity index (χ1v) is 8.02. The highest BCUT2D eigenvalue weighted by atomic mass is 32.2. The van der Waals surface area contributed by atoms with Crippen LogP contribution in [-0.4, -0.2) is 27.8 Å². The van der Waals surface area contributed by atoms with Crippen LogP contribution in [0.15, 0.2) is 29.4 Å². The van der Waals surface area contributed by atoms with E-state index in [1.54, 1.807) is 24.3 Å². The van der Waals surface area contributed by atoms with Gasteiger partial charge in [0, 0.05) is 6.54 Å². The van der Waals surface area contributed by atoms with Crippen LogP contribution < -0.4 is 5.32 Å². The highest BCUT2D eigenvalue weighted by Crippen LogP contribution is 2.28. The Kier molecular flexibility index (Phi) is 5.76. The third kappa shape index (κ3) is 4.43. The molecule has 4 nitrogen and oxygen atoms in total. The molecular formula is C15H19F2N3OS. The molecule has 1 N–H and O–H groups in total. The van der Waals surface area contributed by atoms with Crippen LogP contribution >= 0.6 is 11.8 Å². The molecule has 1 amide bonds. The van der Waals surface area contributed by atoms with E-state index in [0.29, 0.717) is 35.3 Å². The monoisotopic (exact) mass is 327 g/mol. The van der Waals surface area contributed by atoms with E-state index in [1.165, 1.54) is 4.57 Å². The first-order valence-electron chi connectivity index (χ1n) is 7.14. The van der Waals surface area contributed by atoms with Crippen molar-refractivity contribution in [1.29, 1.82) is 0 Å². The molecular weight excluding hydrogens is 308 g/mol. The van der Waals surface area contributed by atoms with Gasteiger partial charge in [-0.2, -0.15) is 8.78 Å². The molecule has 0 unspecified atom stereocenters. The third-order valence-electron chi connectivity index (χ3n) is 3.16. The Morgan fingerprint density at radius 3 is 2.77 bits per heavy atom. The second kappa shape index (κ2) is 7.58. The Hall–Kier alpha value is -1.63. The van der Waals surface area contributed by atoms with Crippen LogP contribution in [-0.2, 0) is 11.3 Å². The van der Waals surface area contributed by atoms with Gasteiger partial charge in [-0.15, -0.1) is 0 Å². The predicted molar refractivity (Wildman–Crippen MR) is 84.1 cm³/mol. The SMILES string of the molecule is CC(C)CCNC(=O)Cn1c(SC(F)F)nc2ccccc21. The fourth-order valence-corrected chi connectivity index (χ4v) is 2.68. The van der Waals surface area contributed by atoms with E-state index in [1.807, 2.05) is 0 Å².